The van der Waals surface area contributed by atoms with E-state index >= 15 is 0 Å². The minimum atomic E-state index is -0.269. The van der Waals surface area contributed by atoms with Crippen LogP contribution in [-0.2, 0) is 0 Å². The van der Waals surface area contributed by atoms with E-state index in [-0.39, 0.29) is 23.2 Å². The number of halogens is 1. The Labute approximate surface area is 80.6 Å². The van der Waals surface area contributed by atoms with Crippen molar-refractivity contribution in [2.75, 3.05) is 5.88 Å². The molecule has 0 atom stereocenters. The molecular weight excluding hydrogens is 192 g/mol. The van der Waals surface area contributed by atoms with Crippen molar-refractivity contribution in [3.8, 4) is 11.5 Å². The van der Waals surface area contributed by atoms with Gasteiger partial charge in [0.25, 0.3) is 0 Å². The number of phenols is 2. The summed E-state index contributed by atoms with van der Waals surface area (Å²) in [6.45, 7) is 1.55. The Hall–Kier alpha value is -1.22. The summed E-state index contributed by atoms with van der Waals surface area (Å²) in [5.74, 6) is -0.903. The first-order valence-corrected chi connectivity index (χ1v) is 4.22. The second-order valence-electron chi connectivity index (χ2n) is 2.66. The van der Waals surface area contributed by atoms with E-state index in [2.05, 4.69) is 0 Å². The fourth-order valence-electron chi connectivity index (χ4n) is 1.06. The Kier molecular flexibility index (Phi) is 2.78. The van der Waals surface area contributed by atoms with Gasteiger partial charge in [0.15, 0.2) is 17.3 Å². The molecule has 0 unspecified atom stereocenters. The number of alkyl halides is 1. The predicted molar refractivity (Wildman–Crippen MR) is 49.6 cm³/mol. The molecule has 0 spiro atoms. The lowest BCUT2D eigenvalue weighted by atomic mass is 10.0. The number of aromatic hydroxyl groups is 2. The molecule has 4 heteroatoms. The molecule has 0 aliphatic rings. The molecule has 0 fully saturated rings. The topological polar surface area (TPSA) is 57.5 Å². The molecule has 0 bridgehead atoms. The molecule has 0 amide bonds. The number of hydrogen-bond acceptors (Lipinski definition) is 3. The lowest BCUT2D eigenvalue weighted by Crippen LogP contribution is -2.02. The van der Waals surface area contributed by atoms with Crippen molar-refractivity contribution in [2.45, 2.75) is 6.92 Å². The first-order valence-electron chi connectivity index (χ1n) is 3.68. The van der Waals surface area contributed by atoms with Crippen LogP contribution in [0, 0.1) is 6.92 Å². The number of phenolic OH excluding ortho intramolecular Hbond substituents is 2. The smallest absolute Gasteiger partial charge is 0.177 e. The second kappa shape index (κ2) is 3.66. The first-order chi connectivity index (χ1) is 6.07. The van der Waals surface area contributed by atoms with Gasteiger partial charge in [0.1, 0.15) is 0 Å². The average molecular weight is 201 g/mol. The highest BCUT2D eigenvalue weighted by Gasteiger charge is 2.12. The van der Waals surface area contributed by atoms with Crippen LogP contribution in [-0.4, -0.2) is 21.9 Å². The summed E-state index contributed by atoms with van der Waals surface area (Å²) >= 11 is 5.36. The molecule has 0 radical (unpaired) electrons. The van der Waals surface area contributed by atoms with Gasteiger partial charge in [0.2, 0.25) is 0 Å². The standard InChI is InChI=1S/C9H9ClO3/c1-5-6(8(12)4-10)2-3-7(11)9(5)13/h2-3,11,13H,4H2,1H3. The number of carbonyl (C=O) groups excluding carboxylic acids is 1. The summed E-state index contributed by atoms with van der Waals surface area (Å²) in [7, 11) is 0. The minimum absolute atomic E-state index is 0.134. The maximum atomic E-state index is 11.2. The molecule has 2 N–H and O–H groups in total. The van der Waals surface area contributed by atoms with E-state index in [1.807, 2.05) is 0 Å². The van der Waals surface area contributed by atoms with Gasteiger partial charge in [-0.25, -0.2) is 0 Å². The Balaban J connectivity index is 3.26. The predicted octanol–water partition coefficient (Wildman–Crippen LogP) is 1.83. The first kappa shape index (κ1) is 9.86. The second-order valence-corrected chi connectivity index (χ2v) is 2.93. The zero-order chi connectivity index (χ0) is 10.0. The van der Waals surface area contributed by atoms with E-state index in [1.165, 1.54) is 12.1 Å². The maximum absolute atomic E-state index is 11.2. The third-order valence-electron chi connectivity index (χ3n) is 1.83. The summed E-state index contributed by atoms with van der Waals surface area (Å²) in [5.41, 5.74) is 0.691. The van der Waals surface area contributed by atoms with Crippen LogP contribution < -0.4 is 0 Å². The van der Waals surface area contributed by atoms with Gasteiger partial charge in [-0.05, 0) is 19.1 Å². The molecule has 0 saturated heterocycles. The number of rotatable bonds is 2. The monoisotopic (exact) mass is 200 g/mol. The third-order valence-corrected chi connectivity index (χ3v) is 2.07. The van der Waals surface area contributed by atoms with Gasteiger partial charge in [-0.2, -0.15) is 0 Å². The zero-order valence-corrected chi connectivity index (χ0v) is 7.80. The van der Waals surface area contributed by atoms with Crippen LogP contribution >= 0.6 is 11.6 Å². The van der Waals surface area contributed by atoms with Crippen LogP contribution in [0.2, 0.25) is 0 Å². The number of hydrogen-bond donors (Lipinski definition) is 2. The number of ketones is 1. The van der Waals surface area contributed by atoms with Crippen molar-refractivity contribution >= 4 is 17.4 Å². The molecule has 0 saturated carbocycles. The Bertz CT molecular complexity index is 347. The highest BCUT2D eigenvalue weighted by atomic mass is 35.5. The van der Waals surface area contributed by atoms with Crippen LogP contribution in [0.15, 0.2) is 12.1 Å². The number of benzene rings is 1. The van der Waals surface area contributed by atoms with Gasteiger partial charge in [-0.3, -0.25) is 4.79 Å². The largest absolute Gasteiger partial charge is 0.504 e. The van der Waals surface area contributed by atoms with E-state index in [4.69, 9.17) is 16.7 Å². The summed E-state index contributed by atoms with van der Waals surface area (Å²) in [6, 6.07) is 2.71. The van der Waals surface area contributed by atoms with E-state index in [0.717, 1.165) is 0 Å². The lowest BCUT2D eigenvalue weighted by Gasteiger charge is -2.06. The van der Waals surface area contributed by atoms with Crippen molar-refractivity contribution in [3.63, 3.8) is 0 Å². The Morgan fingerprint density at radius 2 is 2.08 bits per heavy atom. The molecule has 0 aliphatic carbocycles. The molecule has 0 aromatic heterocycles. The zero-order valence-electron chi connectivity index (χ0n) is 7.04. The number of carbonyl (C=O) groups is 1. The Morgan fingerprint density at radius 1 is 1.46 bits per heavy atom. The van der Waals surface area contributed by atoms with Gasteiger partial charge in [-0.15, -0.1) is 11.6 Å². The van der Waals surface area contributed by atoms with Crippen molar-refractivity contribution in [1.82, 2.24) is 0 Å². The van der Waals surface area contributed by atoms with Crippen molar-refractivity contribution in [3.05, 3.63) is 23.3 Å². The van der Waals surface area contributed by atoms with E-state index in [0.29, 0.717) is 11.1 Å². The van der Waals surface area contributed by atoms with E-state index in [9.17, 15) is 9.90 Å². The van der Waals surface area contributed by atoms with E-state index in [1.54, 1.807) is 6.92 Å². The Morgan fingerprint density at radius 3 is 2.62 bits per heavy atom. The lowest BCUT2D eigenvalue weighted by molar-refractivity contribution is 0.102. The normalized spacial score (nSPS) is 10.0. The molecule has 0 aliphatic heterocycles. The minimum Gasteiger partial charge on any atom is -0.504 e. The molecule has 3 nitrogen and oxygen atoms in total. The fraction of sp³-hybridized carbons (Fsp3) is 0.222. The van der Waals surface area contributed by atoms with Gasteiger partial charge in [0, 0.05) is 11.1 Å². The van der Waals surface area contributed by atoms with Crippen LogP contribution in [0.5, 0.6) is 11.5 Å². The molecule has 1 aromatic carbocycles. The molecule has 1 aromatic rings. The van der Waals surface area contributed by atoms with E-state index < -0.39 is 0 Å². The van der Waals surface area contributed by atoms with Gasteiger partial charge in [-0.1, -0.05) is 0 Å². The summed E-state index contributed by atoms with van der Waals surface area (Å²) in [6.07, 6.45) is 0. The highest BCUT2D eigenvalue weighted by Crippen LogP contribution is 2.30. The van der Waals surface area contributed by atoms with Crippen LogP contribution in [0.4, 0.5) is 0 Å². The quantitative estimate of drug-likeness (QED) is 0.435. The summed E-state index contributed by atoms with van der Waals surface area (Å²) in [4.78, 5) is 11.2. The van der Waals surface area contributed by atoms with Gasteiger partial charge in [0.05, 0.1) is 5.88 Å². The maximum Gasteiger partial charge on any atom is 0.177 e. The molecule has 1 rings (SSSR count). The molecule has 13 heavy (non-hydrogen) atoms. The van der Waals surface area contributed by atoms with Crippen molar-refractivity contribution in [1.29, 1.82) is 0 Å². The van der Waals surface area contributed by atoms with Crippen molar-refractivity contribution in [2.24, 2.45) is 0 Å². The fourth-order valence-corrected chi connectivity index (χ4v) is 1.20. The molecular formula is C9H9ClO3. The summed E-state index contributed by atoms with van der Waals surface area (Å²) < 4.78 is 0. The molecule has 0 heterocycles. The van der Waals surface area contributed by atoms with Gasteiger partial charge >= 0.3 is 0 Å². The number of Topliss-reactive ketones (excluding diaryl/α,β-unsaturated/α-hetero) is 1. The molecule has 70 valence electrons. The van der Waals surface area contributed by atoms with Crippen LogP contribution in [0.1, 0.15) is 15.9 Å². The van der Waals surface area contributed by atoms with Crippen LogP contribution in [0.25, 0.3) is 0 Å². The van der Waals surface area contributed by atoms with Gasteiger partial charge < -0.3 is 10.2 Å². The summed E-state index contributed by atoms with van der Waals surface area (Å²) in [5, 5.41) is 18.4. The third kappa shape index (κ3) is 1.75. The SMILES string of the molecule is Cc1c(C(=O)CCl)ccc(O)c1O. The van der Waals surface area contributed by atoms with Crippen molar-refractivity contribution < 1.29 is 15.0 Å². The average Bonchev–Trinajstić information content (AvgIpc) is 2.13. The highest BCUT2D eigenvalue weighted by molar-refractivity contribution is 6.30. The van der Waals surface area contributed by atoms with Crippen LogP contribution in [0.3, 0.4) is 0 Å².